The minimum absolute atomic E-state index is 0.0969. The highest BCUT2D eigenvalue weighted by Gasteiger charge is 2.37. The number of carbonyl (C=O) groups excluding carboxylic acids is 1. The van der Waals surface area contributed by atoms with Crippen LogP contribution in [0.2, 0.25) is 0 Å². The summed E-state index contributed by atoms with van der Waals surface area (Å²) in [5.74, 6) is -0.209. The standard InChI is InChI=1S/C10H12BrNO3S2/c1-6-3-10(13)12(5-6)17(14,15)8-4-9(11)16-7(8)2/h4,6H,3,5H2,1-2H3. The van der Waals surface area contributed by atoms with Crippen molar-refractivity contribution in [3.8, 4) is 0 Å². The number of halogens is 1. The van der Waals surface area contributed by atoms with Crippen molar-refractivity contribution in [2.75, 3.05) is 6.54 Å². The Bertz CT molecular complexity index is 564. The van der Waals surface area contributed by atoms with Crippen LogP contribution in [0.15, 0.2) is 14.7 Å². The van der Waals surface area contributed by atoms with Gasteiger partial charge in [-0.3, -0.25) is 4.79 Å². The lowest BCUT2D eigenvalue weighted by Crippen LogP contribution is -2.32. The fourth-order valence-corrected chi connectivity index (χ4v) is 5.80. The van der Waals surface area contributed by atoms with E-state index in [-0.39, 0.29) is 23.3 Å². The molecule has 1 unspecified atom stereocenters. The molecule has 0 bridgehead atoms. The zero-order valence-electron chi connectivity index (χ0n) is 9.44. The number of hydrogen-bond acceptors (Lipinski definition) is 4. The fourth-order valence-electron chi connectivity index (χ4n) is 1.89. The Hall–Kier alpha value is -0.400. The van der Waals surface area contributed by atoms with Gasteiger partial charge in [0.15, 0.2) is 0 Å². The molecule has 1 aliphatic heterocycles. The zero-order chi connectivity index (χ0) is 12.8. The molecule has 2 heterocycles. The fraction of sp³-hybridized carbons (Fsp3) is 0.500. The molecule has 1 fully saturated rings. The molecule has 0 N–H and O–H groups in total. The minimum Gasteiger partial charge on any atom is -0.274 e. The summed E-state index contributed by atoms with van der Waals surface area (Å²) in [5.41, 5.74) is 0. The molecular weight excluding hydrogens is 326 g/mol. The molecule has 1 aromatic rings. The second-order valence-corrected chi connectivity index (χ2v) is 8.68. The van der Waals surface area contributed by atoms with Crippen molar-refractivity contribution in [2.24, 2.45) is 5.92 Å². The number of hydrogen-bond donors (Lipinski definition) is 0. The molecule has 1 aliphatic rings. The molecule has 0 aromatic carbocycles. The molecule has 1 aromatic heterocycles. The summed E-state index contributed by atoms with van der Waals surface area (Å²) >= 11 is 4.62. The van der Waals surface area contributed by atoms with Gasteiger partial charge in [0.2, 0.25) is 5.91 Å². The van der Waals surface area contributed by atoms with Crippen LogP contribution in [0.1, 0.15) is 18.2 Å². The minimum atomic E-state index is -3.67. The maximum absolute atomic E-state index is 12.3. The Morgan fingerprint density at radius 1 is 1.53 bits per heavy atom. The van der Waals surface area contributed by atoms with Gasteiger partial charge in [-0.15, -0.1) is 11.3 Å². The number of carbonyl (C=O) groups is 1. The molecule has 17 heavy (non-hydrogen) atoms. The third-order valence-electron chi connectivity index (χ3n) is 2.69. The monoisotopic (exact) mass is 337 g/mol. The summed E-state index contributed by atoms with van der Waals surface area (Å²) < 4.78 is 26.4. The molecule has 0 saturated carbocycles. The topological polar surface area (TPSA) is 54.5 Å². The predicted octanol–water partition coefficient (Wildman–Crippen LogP) is 2.38. The molecule has 2 rings (SSSR count). The van der Waals surface area contributed by atoms with Crippen molar-refractivity contribution < 1.29 is 13.2 Å². The van der Waals surface area contributed by atoms with E-state index in [4.69, 9.17) is 0 Å². The molecule has 0 spiro atoms. The van der Waals surface area contributed by atoms with Gasteiger partial charge in [0.25, 0.3) is 10.0 Å². The Kier molecular flexibility index (Phi) is 3.35. The third kappa shape index (κ3) is 2.28. The second kappa shape index (κ2) is 4.37. The molecule has 0 aliphatic carbocycles. The van der Waals surface area contributed by atoms with Gasteiger partial charge in [-0.1, -0.05) is 6.92 Å². The van der Waals surface area contributed by atoms with Crippen molar-refractivity contribution in [2.45, 2.75) is 25.2 Å². The van der Waals surface area contributed by atoms with E-state index in [0.29, 0.717) is 11.3 Å². The van der Waals surface area contributed by atoms with Crippen molar-refractivity contribution in [1.82, 2.24) is 4.31 Å². The predicted molar refractivity (Wildman–Crippen MR) is 69.4 cm³/mol. The Balaban J connectivity index is 2.44. The van der Waals surface area contributed by atoms with Gasteiger partial charge in [0, 0.05) is 17.8 Å². The van der Waals surface area contributed by atoms with Gasteiger partial charge in [-0.2, -0.15) is 0 Å². The number of aryl methyl sites for hydroxylation is 1. The largest absolute Gasteiger partial charge is 0.274 e. The first-order valence-electron chi connectivity index (χ1n) is 5.14. The molecule has 1 atom stereocenters. The number of nitrogens with zero attached hydrogens (tertiary/aromatic N) is 1. The van der Waals surface area contributed by atoms with Crippen LogP contribution in [0.4, 0.5) is 0 Å². The number of thiophene rings is 1. The highest BCUT2D eigenvalue weighted by atomic mass is 79.9. The van der Waals surface area contributed by atoms with Gasteiger partial charge >= 0.3 is 0 Å². The van der Waals surface area contributed by atoms with E-state index in [1.54, 1.807) is 13.0 Å². The van der Waals surface area contributed by atoms with E-state index in [2.05, 4.69) is 15.9 Å². The van der Waals surface area contributed by atoms with E-state index < -0.39 is 10.0 Å². The van der Waals surface area contributed by atoms with Gasteiger partial charge in [-0.25, -0.2) is 12.7 Å². The lowest BCUT2D eigenvalue weighted by atomic mass is 10.2. The number of rotatable bonds is 2. The van der Waals surface area contributed by atoms with Crippen molar-refractivity contribution in [1.29, 1.82) is 0 Å². The number of amides is 1. The van der Waals surface area contributed by atoms with Crippen molar-refractivity contribution >= 4 is 43.2 Å². The maximum atomic E-state index is 12.3. The molecule has 94 valence electrons. The van der Waals surface area contributed by atoms with E-state index in [1.807, 2.05) is 6.92 Å². The van der Waals surface area contributed by atoms with Crippen molar-refractivity contribution in [3.05, 3.63) is 14.7 Å². The van der Waals surface area contributed by atoms with Crippen LogP contribution in [-0.4, -0.2) is 25.2 Å². The van der Waals surface area contributed by atoms with E-state index in [1.165, 1.54) is 11.3 Å². The number of sulfonamides is 1. The average molecular weight is 338 g/mol. The Morgan fingerprint density at radius 3 is 2.59 bits per heavy atom. The van der Waals surface area contributed by atoms with Crippen LogP contribution in [0.25, 0.3) is 0 Å². The molecular formula is C10H12BrNO3S2. The Labute approximate surface area is 113 Å². The van der Waals surface area contributed by atoms with E-state index >= 15 is 0 Å². The summed E-state index contributed by atoms with van der Waals surface area (Å²) in [6.07, 6.45) is 0.309. The smallest absolute Gasteiger partial charge is 0.267 e. The van der Waals surface area contributed by atoms with Crippen LogP contribution in [0.5, 0.6) is 0 Å². The first-order valence-corrected chi connectivity index (χ1v) is 8.19. The highest BCUT2D eigenvalue weighted by molar-refractivity contribution is 9.11. The van der Waals surface area contributed by atoms with Crippen molar-refractivity contribution in [3.63, 3.8) is 0 Å². The lowest BCUT2D eigenvalue weighted by molar-refractivity contribution is -0.123. The summed E-state index contributed by atoms with van der Waals surface area (Å²) in [4.78, 5) is 12.6. The van der Waals surface area contributed by atoms with Crippen LogP contribution >= 0.6 is 27.3 Å². The summed E-state index contributed by atoms with van der Waals surface area (Å²) in [5, 5.41) is 0. The SMILES string of the molecule is Cc1sc(Br)cc1S(=O)(=O)N1CC(C)CC1=O. The quantitative estimate of drug-likeness (QED) is 0.832. The first kappa shape index (κ1) is 13.0. The lowest BCUT2D eigenvalue weighted by Gasteiger charge is -2.16. The first-order chi connectivity index (χ1) is 7.82. The average Bonchev–Trinajstić information content (AvgIpc) is 2.70. The summed E-state index contributed by atoms with van der Waals surface area (Å²) in [7, 11) is -3.67. The van der Waals surface area contributed by atoms with Gasteiger partial charge in [0.05, 0.1) is 3.79 Å². The molecule has 4 nitrogen and oxygen atoms in total. The molecule has 1 amide bonds. The Morgan fingerprint density at radius 2 is 2.18 bits per heavy atom. The van der Waals surface area contributed by atoms with E-state index in [9.17, 15) is 13.2 Å². The molecule has 0 radical (unpaired) electrons. The van der Waals surface area contributed by atoms with E-state index in [0.717, 1.165) is 8.09 Å². The summed E-state index contributed by atoms with van der Waals surface area (Å²) in [6, 6.07) is 1.56. The molecule has 1 saturated heterocycles. The highest BCUT2D eigenvalue weighted by Crippen LogP contribution is 2.33. The second-order valence-electron chi connectivity index (χ2n) is 4.21. The summed E-state index contributed by atoms with van der Waals surface area (Å²) in [6.45, 7) is 3.91. The maximum Gasteiger partial charge on any atom is 0.267 e. The normalized spacial score (nSPS) is 21.2. The van der Waals surface area contributed by atoms with Gasteiger partial charge < -0.3 is 0 Å². The van der Waals surface area contributed by atoms with Gasteiger partial charge in [0.1, 0.15) is 4.90 Å². The van der Waals surface area contributed by atoms with Crippen LogP contribution in [0, 0.1) is 12.8 Å². The zero-order valence-corrected chi connectivity index (χ0v) is 12.7. The van der Waals surface area contributed by atoms with Crippen LogP contribution in [0.3, 0.4) is 0 Å². The third-order valence-corrected chi connectivity index (χ3v) is 6.28. The molecule has 7 heteroatoms. The van der Waals surface area contributed by atoms with Crippen LogP contribution in [-0.2, 0) is 14.8 Å². The van der Waals surface area contributed by atoms with Gasteiger partial charge in [-0.05, 0) is 34.8 Å². The van der Waals surface area contributed by atoms with Crippen LogP contribution < -0.4 is 0 Å².